The van der Waals surface area contributed by atoms with Crippen LogP contribution in [0.4, 0.5) is 5.69 Å². The van der Waals surface area contributed by atoms with E-state index in [0.29, 0.717) is 12.8 Å². The maximum absolute atomic E-state index is 11.9. The number of hydrogen-bond donors (Lipinski definition) is 1. The fourth-order valence-electron chi connectivity index (χ4n) is 1.82. The quantitative estimate of drug-likeness (QED) is 0.865. The molecule has 0 radical (unpaired) electrons. The van der Waals surface area contributed by atoms with Gasteiger partial charge in [-0.05, 0) is 36.0 Å². The van der Waals surface area contributed by atoms with Crippen molar-refractivity contribution in [2.45, 2.75) is 39.0 Å². The van der Waals surface area contributed by atoms with E-state index in [1.165, 1.54) is 5.56 Å². The van der Waals surface area contributed by atoms with Gasteiger partial charge in [0.25, 0.3) is 0 Å². The molecule has 0 atom stereocenters. The number of nitriles is 1. The zero-order chi connectivity index (χ0) is 13.4. The molecule has 2 rings (SSSR count). The van der Waals surface area contributed by atoms with E-state index in [9.17, 15) is 4.79 Å². The number of nitrogens with one attached hydrogen (secondary N) is 1. The van der Waals surface area contributed by atoms with Gasteiger partial charge in [0.2, 0.25) is 5.91 Å². The topological polar surface area (TPSA) is 52.9 Å². The summed E-state index contributed by atoms with van der Waals surface area (Å²) in [6.07, 6.45) is 1.35. The Hall–Kier alpha value is -1.82. The maximum Gasteiger partial charge on any atom is 0.244 e. The first-order valence-corrected chi connectivity index (χ1v) is 6.21. The summed E-state index contributed by atoms with van der Waals surface area (Å²) in [5, 5.41) is 11.8. The molecule has 0 aliphatic heterocycles. The van der Waals surface area contributed by atoms with Crippen LogP contribution < -0.4 is 5.32 Å². The van der Waals surface area contributed by atoms with Crippen LogP contribution in [0.1, 0.15) is 39.2 Å². The van der Waals surface area contributed by atoms with Gasteiger partial charge in [-0.2, -0.15) is 5.26 Å². The fraction of sp³-hybridized carbons (Fsp3) is 0.467. The van der Waals surface area contributed by atoms with Crippen molar-refractivity contribution in [2.75, 3.05) is 5.32 Å². The molecule has 1 saturated carbocycles. The molecular weight excluding hydrogens is 224 g/mol. The highest BCUT2D eigenvalue weighted by molar-refractivity contribution is 5.99. The third kappa shape index (κ3) is 2.38. The third-order valence-corrected chi connectivity index (χ3v) is 3.41. The Morgan fingerprint density at radius 1 is 1.28 bits per heavy atom. The summed E-state index contributed by atoms with van der Waals surface area (Å²) in [5.74, 6) is -0.173. The number of hydrogen-bond acceptors (Lipinski definition) is 2. The van der Waals surface area contributed by atoms with E-state index in [2.05, 4.69) is 32.2 Å². The summed E-state index contributed by atoms with van der Waals surface area (Å²) < 4.78 is 0. The minimum atomic E-state index is -0.761. The Balaban J connectivity index is 2.08. The highest BCUT2D eigenvalue weighted by Crippen LogP contribution is 2.45. The summed E-state index contributed by atoms with van der Waals surface area (Å²) in [5.41, 5.74) is 1.33. The summed E-state index contributed by atoms with van der Waals surface area (Å²) in [4.78, 5) is 11.9. The van der Waals surface area contributed by atoms with Crippen molar-refractivity contribution in [2.24, 2.45) is 5.41 Å². The van der Waals surface area contributed by atoms with Crippen LogP contribution >= 0.6 is 0 Å². The van der Waals surface area contributed by atoms with Gasteiger partial charge in [-0.3, -0.25) is 4.79 Å². The second-order valence-electron chi connectivity index (χ2n) is 5.98. The molecule has 1 aromatic carbocycles. The molecule has 1 aliphatic rings. The second-order valence-corrected chi connectivity index (χ2v) is 5.98. The monoisotopic (exact) mass is 242 g/mol. The highest BCUT2D eigenvalue weighted by Gasteiger charge is 2.50. The van der Waals surface area contributed by atoms with Gasteiger partial charge in [0.05, 0.1) is 6.07 Å². The zero-order valence-electron chi connectivity index (χ0n) is 11.1. The molecule has 1 amide bonds. The van der Waals surface area contributed by atoms with Crippen LogP contribution in [0.25, 0.3) is 0 Å². The van der Waals surface area contributed by atoms with Crippen LogP contribution in [0, 0.1) is 16.7 Å². The van der Waals surface area contributed by atoms with Gasteiger partial charge in [-0.25, -0.2) is 0 Å². The normalized spacial score (nSPS) is 16.8. The minimum absolute atomic E-state index is 0.104. The van der Waals surface area contributed by atoms with Gasteiger partial charge in [-0.1, -0.05) is 32.9 Å². The zero-order valence-corrected chi connectivity index (χ0v) is 11.1. The van der Waals surface area contributed by atoms with E-state index >= 15 is 0 Å². The Morgan fingerprint density at radius 2 is 1.83 bits per heavy atom. The van der Waals surface area contributed by atoms with Crippen LogP contribution in [0.15, 0.2) is 24.3 Å². The second kappa shape index (κ2) is 4.13. The molecule has 18 heavy (non-hydrogen) atoms. The molecule has 0 heterocycles. The number of rotatable bonds is 2. The van der Waals surface area contributed by atoms with Crippen LogP contribution in [-0.4, -0.2) is 5.91 Å². The number of benzene rings is 1. The summed E-state index contributed by atoms with van der Waals surface area (Å²) >= 11 is 0. The van der Waals surface area contributed by atoms with Gasteiger partial charge in [-0.15, -0.1) is 0 Å². The Bertz CT molecular complexity index is 499. The van der Waals surface area contributed by atoms with Gasteiger partial charge in [0.15, 0.2) is 0 Å². The average molecular weight is 242 g/mol. The van der Waals surface area contributed by atoms with Crippen LogP contribution in [0.5, 0.6) is 0 Å². The molecule has 1 aromatic rings. The number of carbonyl (C=O) groups excluding carboxylic acids is 1. The SMILES string of the molecule is CC(C)(C)c1ccc(NC(=O)C2(C#N)CC2)cc1. The Labute approximate surface area is 108 Å². The lowest BCUT2D eigenvalue weighted by Gasteiger charge is -2.19. The predicted octanol–water partition coefficient (Wildman–Crippen LogP) is 3.23. The van der Waals surface area contributed by atoms with Gasteiger partial charge in [0.1, 0.15) is 5.41 Å². The van der Waals surface area contributed by atoms with Gasteiger partial charge in [0, 0.05) is 5.69 Å². The van der Waals surface area contributed by atoms with Crippen LogP contribution in [0.3, 0.4) is 0 Å². The smallest absolute Gasteiger partial charge is 0.244 e. The van der Waals surface area contributed by atoms with Crippen LogP contribution in [-0.2, 0) is 10.2 Å². The van der Waals surface area contributed by atoms with Crippen molar-refractivity contribution in [1.29, 1.82) is 5.26 Å². The van der Waals surface area contributed by atoms with Crippen LogP contribution in [0.2, 0.25) is 0 Å². The van der Waals surface area contributed by atoms with Crippen molar-refractivity contribution in [3.63, 3.8) is 0 Å². The average Bonchev–Trinajstić information content (AvgIpc) is 3.09. The lowest BCUT2D eigenvalue weighted by Crippen LogP contribution is -2.22. The van der Waals surface area contributed by atoms with E-state index in [0.717, 1.165) is 5.69 Å². The van der Waals surface area contributed by atoms with Gasteiger partial charge < -0.3 is 5.32 Å². The summed E-state index contributed by atoms with van der Waals surface area (Å²) in [6, 6.07) is 9.92. The first-order chi connectivity index (χ1) is 8.37. The van der Waals surface area contributed by atoms with E-state index in [1.54, 1.807) is 0 Å². The molecule has 0 aromatic heterocycles. The van der Waals surface area contributed by atoms with Crippen molar-refractivity contribution in [1.82, 2.24) is 0 Å². The molecular formula is C15H18N2O. The first-order valence-electron chi connectivity index (χ1n) is 6.21. The van der Waals surface area contributed by atoms with Crippen molar-refractivity contribution < 1.29 is 4.79 Å². The van der Waals surface area contributed by atoms with E-state index in [-0.39, 0.29) is 11.3 Å². The lowest BCUT2D eigenvalue weighted by atomic mass is 9.87. The molecule has 1 aliphatic carbocycles. The summed E-state index contributed by atoms with van der Waals surface area (Å²) in [7, 11) is 0. The molecule has 1 fully saturated rings. The molecule has 1 N–H and O–H groups in total. The molecule has 0 saturated heterocycles. The Kier molecular flexibility index (Phi) is 2.90. The number of anilines is 1. The molecule has 94 valence electrons. The number of nitrogens with zero attached hydrogens (tertiary/aromatic N) is 1. The molecule has 0 unspecified atom stereocenters. The lowest BCUT2D eigenvalue weighted by molar-refractivity contribution is -0.119. The minimum Gasteiger partial charge on any atom is -0.325 e. The summed E-state index contributed by atoms with van der Waals surface area (Å²) in [6.45, 7) is 6.44. The first kappa shape index (κ1) is 12.6. The fourth-order valence-corrected chi connectivity index (χ4v) is 1.82. The Morgan fingerprint density at radius 3 is 2.22 bits per heavy atom. The predicted molar refractivity (Wildman–Crippen MR) is 71.1 cm³/mol. The van der Waals surface area contributed by atoms with E-state index in [4.69, 9.17) is 5.26 Å². The number of amides is 1. The van der Waals surface area contributed by atoms with Crippen molar-refractivity contribution in [3.05, 3.63) is 29.8 Å². The molecule has 0 bridgehead atoms. The van der Waals surface area contributed by atoms with E-state index in [1.807, 2.05) is 24.3 Å². The van der Waals surface area contributed by atoms with Crippen molar-refractivity contribution >= 4 is 11.6 Å². The molecule has 3 nitrogen and oxygen atoms in total. The maximum atomic E-state index is 11.9. The highest BCUT2D eigenvalue weighted by atomic mass is 16.2. The number of carbonyl (C=O) groups is 1. The molecule has 3 heteroatoms. The standard InChI is InChI=1S/C15H18N2O/c1-14(2,3)11-4-6-12(7-5-11)17-13(18)15(10-16)8-9-15/h4-7H,8-9H2,1-3H3,(H,17,18). The van der Waals surface area contributed by atoms with Gasteiger partial charge >= 0.3 is 0 Å². The molecule has 0 spiro atoms. The van der Waals surface area contributed by atoms with Crippen molar-refractivity contribution in [3.8, 4) is 6.07 Å². The largest absolute Gasteiger partial charge is 0.325 e. The van der Waals surface area contributed by atoms with E-state index < -0.39 is 5.41 Å². The third-order valence-electron chi connectivity index (χ3n) is 3.41.